The molecule has 1 saturated carbocycles. The first kappa shape index (κ1) is 47.2. The van der Waals surface area contributed by atoms with E-state index in [-0.39, 0.29) is 11.1 Å². The number of benzene rings is 6. The van der Waals surface area contributed by atoms with Crippen molar-refractivity contribution in [1.29, 1.82) is 0 Å². The standard InChI is InChI=1S/C31H35F3N2.C25H25F3N2/c32-31(33,34)30-14-8-7-13-29(30)26-17-15-25(16-18-26)22-35-19-20-36(27-11-5-2-6-12-27)28(23-35)21-24-9-3-1-4-10-24;26-25(27,28)24-9-5-4-8-23(24)21-12-10-20(11-13-21)17-30-15-14-29-22(18-30)16-19-6-2-1-3-7-19/h1,3-4,7-10,13-18,27-28H,2,5-6,11-12,19-23H2;1-13,22,29H,14-18H2. The van der Waals surface area contributed by atoms with E-state index in [0.29, 0.717) is 29.3 Å². The number of rotatable bonds is 11. The van der Waals surface area contributed by atoms with Crippen molar-refractivity contribution in [3.05, 3.63) is 191 Å². The van der Waals surface area contributed by atoms with Crippen LogP contribution in [0.1, 0.15) is 65.5 Å². The summed E-state index contributed by atoms with van der Waals surface area (Å²) in [5.74, 6) is 0. The highest BCUT2D eigenvalue weighted by atomic mass is 19.4. The van der Waals surface area contributed by atoms with Gasteiger partial charge in [0, 0.05) is 70.5 Å². The maximum atomic E-state index is 13.5. The van der Waals surface area contributed by atoms with Crippen LogP contribution >= 0.6 is 0 Å². The number of alkyl halides is 6. The molecular formula is C56H60F6N4. The molecule has 2 saturated heterocycles. The molecule has 346 valence electrons. The molecule has 66 heavy (non-hydrogen) atoms. The second kappa shape index (κ2) is 22.0. The molecule has 1 aliphatic carbocycles. The van der Waals surface area contributed by atoms with Crippen LogP contribution in [-0.4, -0.2) is 72.1 Å². The summed E-state index contributed by atoms with van der Waals surface area (Å²) in [6, 6.07) is 49.5. The third kappa shape index (κ3) is 12.8. The van der Waals surface area contributed by atoms with Gasteiger partial charge in [-0.25, -0.2) is 0 Å². The lowest BCUT2D eigenvalue weighted by atomic mass is 9.91. The van der Waals surface area contributed by atoms with E-state index < -0.39 is 23.5 Å². The molecule has 1 N–H and O–H groups in total. The van der Waals surface area contributed by atoms with Gasteiger partial charge in [-0.05, 0) is 82.3 Å². The maximum absolute atomic E-state index is 13.5. The summed E-state index contributed by atoms with van der Waals surface area (Å²) in [4.78, 5) is 7.70. The van der Waals surface area contributed by atoms with Gasteiger partial charge in [-0.3, -0.25) is 14.7 Å². The summed E-state index contributed by atoms with van der Waals surface area (Å²) >= 11 is 0. The zero-order valence-electron chi connectivity index (χ0n) is 37.5. The quantitative estimate of drug-likeness (QED) is 0.131. The fourth-order valence-corrected chi connectivity index (χ4v) is 10.2. The highest BCUT2D eigenvalue weighted by Gasteiger charge is 2.35. The molecule has 10 heteroatoms. The first-order chi connectivity index (χ1) is 32.0. The first-order valence-corrected chi connectivity index (χ1v) is 23.5. The van der Waals surface area contributed by atoms with Crippen molar-refractivity contribution in [3.8, 4) is 22.3 Å². The number of nitrogens with zero attached hydrogens (tertiary/aromatic N) is 3. The predicted molar refractivity (Wildman–Crippen MR) is 254 cm³/mol. The molecule has 2 heterocycles. The van der Waals surface area contributed by atoms with E-state index in [1.165, 1.54) is 61.4 Å². The lowest BCUT2D eigenvalue weighted by Gasteiger charge is -2.46. The molecule has 2 aliphatic heterocycles. The van der Waals surface area contributed by atoms with Gasteiger partial charge in [0.05, 0.1) is 11.1 Å². The minimum absolute atomic E-state index is 0.224. The molecule has 0 bridgehead atoms. The third-order valence-corrected chi connectivity index (χ3v) is 13.4. The second-order valence-electron chi connectivity index (χ2n) is 18.2. The lowest BCUT2D eigenvalue weighted by Crippen LogP contribution is -2.57. The fourth-order valence-electron chi connectivity index (χ4n) is 10.2. The van der Waals surface area contributed by atoms with Crippen LogP contribution in [0.2, 0.25) is 0 Å². The number of hydrogen-bond donors (Lipinski definition) is 1. The number of nitrogens with one attached hydrogen (secondary N) is 1. The van der Waals surface area contributed by atoms with Crippen molar-refractivity contribution in [1.82, 2.24) is 20.0 Å². The van der Waals surface area contributed by atoms with E-state index in [1.54, 1.807) is 30.3 Å². The van der Waals surface area contributed by atoms with Gasteiger partial charge in [0.1, 0.15) is 0 Å². The predicted octanol–water partition coefficient (Wildman–Crippen LogP) is 12.8. The molecule has 4 nitrogen and oxygen atoms in total. The normalized spacial score (nSPS) is 19.2. The highest BCUT2D eigenvalue weighted by molar-refractivity contribution is 5.69. The summed E-state index contributed by atoms with van der Waals surface area (Å²) in [7, 11) is 0. The summed E-state index contributed by atoms with van der Waals surface area (Å²) in [6.45, 7) is 7.61. The van der Waals surface area contributed by atoms with Crippen LogP contribution in [0.3, 0.4) is 0 Å². The fraction of sp³-hybridized carbons (Fsp3) is 0.357. The van der Waals surface area contributed by atoms with Crippen LogP contribution in [-0.2, 0) is 38.3 Å². The Hall–Kier alpha value is -5.26. The minimum Gasteiger partial charge on any atom is -0.311 e. The topological polar surface area (TPSA) is 21.8 Å². The Labute approximate surface area is 386 Å². The van der Waals surface area contributed by atoms with Gasteiger partial charge >= 0.3 is 12.4 Å². The van der Waals surface area contributed by atoms with E-state index in [9.17, 15) is 26.3 Å². The van der Waals surface area contributed by atoms with Crippen LogP contribution in [0, 0.1) is 0 Å². The van der Waals surface area contributed by atoms with Crippen molar-refractivity contribution in [2.24, 2.45) is 0 Å². The molecule has 6 aromatic carbocycles. The van der Waals surface area contributed by atoms with E-state index >= 15 is 0 Å². The smallest absolute Gasteiger partial charge is 0.311 e. The van der Waals surface area contributed by atoms with Gasteiger partial charge in [0.15, 0.2) is 0 Å². The van der Waals surface area contributed by atoms with Crippen molar-refractivity contribution >= 4 is 0 Å². The molecular weight excluding hydrogens is 843 g/mol. The molecule has 0 aromatic heterocycles. The summed E-state index contributed by atoms with van der Waals surface area (Å²) in [5, 5.41) is 3.59. The maximum Gasteiger partial charge on any atom is 0.417 e. The van der Waals surface area contributed by atoms with Crippen LogP contribution in [0.25, 0.3) is 22.3 Å². The van der Waals surface area contributed by atoms with E-state index in [2.05, 4.69) is 74.6 Å². The highest BCUT2D eigenvalue weighted by Crippen LogP contribution is 2.38. The Balaban J connectivity index is 0.000000182. The monoisotopic (exact) mass is 902 g/mol. The van der Waals surface area contributed by atoms with Crippen LogP contribution < -0.4 is 5.32 Å². The Morgan fingerprint density at radius 3 is 1.44 bits per heavy atom. The molecule has 0 radical (unpaired) electrons. The molecule has 2 atom stereocenters. The Morgan fingerprint density at radius 2 is 0.924 bits per heavy atom. The average molecular weight is 903 g/mol. The molecule has 9 rings (SSSR count). The molecule has 3 fully saturated rings. The zero-order chi connectivity index (χ0) is 45.9. The summed E-state index contributed by atoms with van der Waals surface area (Å²) < 4.78 is 80.3. The van der Waals surface area contributed by atoms with Crippen molar-refractivity contribution in [2.45, 2.75) is 88.5 Å². The first-order valence-electron chi connectivity index (χ1n) is 23.5. The molecule has 0 amide bonds. The average Bonchev–Trinajstić information content (AvgIpc) is 3.33. The Bertz CT molecular complexity index is 2400. The second-order valence-corrected chi connectivity index (χ2v) is 18.2. The van der Waals surface area contributed by atoms with Gasteiger partial charge in [0.25, 0.3) is 0 Å². The lowest BCUT2D eigenvalue weighted by molar-refractivity contribution is -0.137. The van der Waals surface area contributed by atoms with Crippen molar-refractivity contribution in [3.63, 3.8) is 0 Å². The van der Waals surface area contributed by atoms with Gasteiger partial charge in [-0.1, -0.05) is 165 Å². The third-order valence-electron chi connectivity index (χ3n) is 13.4. The van der Waals surface area contributed by atoms with E-state index in [0.717, 1.165) is 88.5 Å². The molecule has 0 spiro atoms. The number of hydrogen-bond acceptors (Lipinski definition) is 4. The van der Waals surface area contributed by atoms with Gasteiger partial charge in [-0.2, -0.15) is 26.3 Å². The minimum atomic E-state index is -4.36. The number of halogens is 6. The number of piperazine rings is 2. The van der Waals surface area contributed by atoms with E-state index in [4.69, 9.17) is 0 Å². The Kier molecular flexibility index (Phi) is 15.8. The molecule has 2 unspecified atom stereocenters. The van der Waals surface area contributed by atoms with Crippen LogP contribution in [0.4, 0.5) is 26.3 Å². The molecule has 3 aliphatic rings. The Morgan fingerprint density at radius 1 is 0.455 bits per heavy atom. The SMILES string of the molecule is FC(F)(F)c1ccccc1-c1ccc(CN2CCN(C3CCCCC3)C(Cc3ccccc3)C2)cc1.FC(F)(F)c1ccccc1-c1ccc(CN2CCNC(Cc3ccccc3)C2)cc1. The largest absolute Gasteiger partial charge is 0.417 e. The van der Waals surface area contributed by atoms with Gasteiger partial charge in [0.2, 0.25) is 0 Å². The van der Waals surface area contributed by atoms with Crippen LogP contribution in [0.15, 0.2) is 158 Å². The van der Waals surface area contributed by atoms with Gasteiger partial charge < -0.3 is 5.32 Å². The van der Waals surface area contributed by atoms with Gasteiger partial charge in [-0.15, -0.1) is 0 Å². The summed E-state index contributed by atoms with van der Waals surface area (Å²) in [6.07, 6.45) is -0.00253. The molecule has 6 aromatic rings. The van der Waals surface area contributed by atoms with E-state index in [1.807, 2.05) is 42.5 Å². The van der Waals surface area contributed by atoms with Crippen LogP contribution in [0.5, 0.6) is 0 Å². The zero-order valence-corrected chi connectivity index (χ0v) is 37.5. The summed E-state index contributed by atoms with van der Waals surface area (Å²) in [5.41, 5.74) is 5.45. The van der Waals surface area contributed by atoms with Crippen molar-refractivity contribution < 1.29 is 26.3 Å². The van der Waals surface area contributed by atoms with Crippen molar-refractivity contribution in [2.75, 3.05) is 39.3 Å².